The van der Waals surface area contributed by atoms with Gasteiger partial charge in [-0.05, 0) is 37.8 Å². The van der Waals surface area contributed by atoms with Crippen molar-refractivity contribution in [2.24, 2.45) is 17.8 Å². The van der Waals surface area contributed by atoms with Crippen LogP contribution in [0.4, 0.5) is 0 Å². The smallest absolute Gasteiger partial charge is 0.309 e. The number of hydrogen-bond acceptors (Lipinski definition) is 6. The molecule has 0 radical (unpaired) electrons. The van der Waals surface area contributed by atoms with Gasteiger partial charge in [0.1, 0.15) is 5.78 Å². The SMILES string of the molecule is O=C(OCc1nc(-c2cccc(Cl)c2)no1)C1C[C@H]2CCC[C@@H](C1)C2=O. The topological polar surface area (TPSA) is 82.3 Å². The molecule has 0 spiro atoms. The molecule has 4 rings (SSSR count). The zero-order valence-electron chi connectivity index (χ0n) is 14.2. The second kappa shape index (κ2) is 7.19. The molecule has 1 heterocycles. The third-order valence-electron chi connectivity index (χ3n) is 5.27. The van der Waals surface area contributed by atoms with Crippen LogP contribution in [0.5, 0.6) is 0 Å². The predicted octanol–water partition coefficient (Wildman–Crippen LogP) is 3.83. The number of halogens is 1. The van der Waals surface area contributed by atoms with Crippen molar-refractivity contribution in [2.45, 2.75) is 38.7 Å². The van der Waals surface area contributed by atoms with E-state index in [1.54, 1.807) is 18.2 Å². The summed E-state index contributed by atoms with van der Waals surface area (Å²) in [6.45, 7) is -0.0633. The van der Waals surface area contributed by atoms with Crippen LogP contribution in [0.15, 0.2) is 28.8 Å². The van der Waals surface area contributed by atoms with Gasteiger partial charge in [-0.2, -0.15) is 4.98 Å². The van der Waals surface area contributed by atoms with E-state index in [0.29, 0.717) is 29.5 Å². The van der Waals surface area contributed by atoms with Crippen LogP contribution in [0, 0.1) is 17.8 Å². The molecule has 2 saturated carbocycles. The molecular formula is C19H19ClN2O4. The predicted molar refractivity (Wildman–Crippen MR) is 93.1 cm³/mol. The Bertz CT molecular complexity index is 818. The van der Waals surface area contributed by atoms with Gasteiger partial charge in [0.05, 0.1) is 5.92 Å². The molecule has 136 valence electrons. The Morgan fingerprint density at radius 3 is 2.77 bits per heavy atom. The van der Waals surface area contributed by atoms with Gasteiger partial charge in [0.15, 0.2) is 6.61 Å². The second-order valence-electron chi connectivity index (χ2n) is 7.03. The minimum Gasteiger partial charge on any atom is -0.455 e. The van der Waals surface area contributed by atoms with Crippen LogP contribution in [0.3, 0.4) is 0 Å². The Morgan fingerprint density at radius 1 is 1.27 bits per heavy atom. The van der Waals surface area contributed by atoms with Gasteiger partial charge >= 0.3 is 5.97 Å². The van der Waals surface area contributed by atoms with E-state index < -0.39 is 0 Å². The van der Waals surface area contributed by atoms with Crippen LogP contribution in [0.2, 0.25) is 5.02 Å². The van der Waals surface area contributed by atoms with Crippen molar-refractivity contribution in [1.29, 1.82) is 0 Å². The summed E-state index contributed by atoms with van der Waals surface area (Å²) in [5, 5.41) is 4.47. The third kappa shape index (κ3) is 3.51. The van der Waals surface area contributed by atoms with E-state index in [1.165, 1.54) is 0 Å². The van der Waals surface area contributed by atoms with Crippen molar-refractivity contribution in [3.05, 3.63) is 35.2 Å². The lowest BCUT2D eigenvalue weighted by molar-refractivity contribution is -0.155. The van der Waals surface area contributed by atoms with Crippen LogP contribution in [0.1, 0.15) is 38.0 Å². The van der Waals surface area contributed by atoms with E-state index in [-0.39, 0.29) is 36.2 Å². The molecule has 2 bridgehead atoms. The Balaban J connectivity index is 1.36. The first kappa shape index (κ1) is 17.2. The van der Waals surface area contributed by atoms with Crippen LogP contribution in [-0.4, -0.2) is 21.9 Å². The Morgan fingerprint density at radius 2 is 2.04 bits per heavy atom. The van der Waals surface area contributed by atoms with Gasteiger partial charge in [0.2, 0.25) is 5.82 Å². The lowest BCUT2D eigenvalue weighted by Crippen LogP contribution is -2.39. The Hall–Kier alpha value is -2.21. The number of hydrogen-bond donors (Lipinski definition) is 0. The number of aromatic nitrogens is 2. The summed E-state index contributed by atoms with van der Waals surface area (Å²) < 4.78 is 10.5. The molecule has 0 N–H and O–H groups in total. The highest BCUT2D eigenvalue weighted by molar-refractivity contribution is 6.30. The van der Waals surface area contributed by atoms with Gasteiger partial charge in [-0.1, -0.05) is 35.3 Å². The Labute approximate surface area is 155 Å². The first-order valence-corrected chi connectivity index (χ1v) is 9.27. The molecule has 6 nitrogen and oxygen atoms in total. The maximum absolute atomic E-state index is 12.4. The fraction of sp³-hybridized carbons (Fsp3) is 0.474. The molecule has 1 aromatic heterocycles. The number of esters is 1. The van der Waals surface area contributed by atoms with E-state index in [1.807, 2.05) is 6.07 Å². The normalized spacial score (nSPS) is 25.1. The van der Waals surface area contributed by atoms with Gasteiger partial charge in [0.25, 0.3) is 5.89 Å². The number of fused-ring (bicyclic) bond motifs is 2. The molecular weight excluding hydrogens is 356 g/mol. The highest BCUT2D eigenvalue weighted by atomic mass is 35.5. The number of Topliss-reactive ketones (excluding diaryl/α,β-unsaturated/α-hetero) is 1. The number of carbonyl (C=O) groups excluding carboxylic acids is 2. The van der Waals surface area contributed by atoms with E-state index in [9.17, 15) is 9.59 Å². The van der Waals surface area contributed by atoms with E-state index in [0.717, 1.165) is 24.8 Å². The van der Waals surface area contributed by atoms with E-state index in [2.05, 4.69) is 10.1 Å². The van der Waals surface area contributed by atoms with Crippen molar-refractivity contribution >= 4 is 23.4 Å². The second-order valence-corrected chi connectivity index (χ2v) is 7.46. The fourth-order valence-electron chi connectivity index (χ4n) is 3.98. The molecule has 0 aliphatic heterocycles. The average molecular weight is 375 g/mol. The lowest BCUT2D eigenvalue weighted by Gasteiger charge is -2.36. The number of rotatable bonds is 4. The zero-order valence-corrected chi connectivity index (χ0v) is 14.9. The van der Waals surface area contributed by atoms with E-state index in [4.69, 9.17) is 20.9 Å². The number of nitrogens with zero attached hydrogens (tertiary/aromatic N) is 2. The highest BCUT2D eigenvalue weighted by Crippen LogP contribution is 2.40. The van der Waals surface area contributed by atoms with Crippen molar-refractivity contribution < 1.29 is 18.8 Å². The van der Waals surface area contributed by atoms with Crippen LogP contribution in [-0.2, 0) is 20.9 Å². The number of carbonyl (C=O) groups is 2. The molecule has 26 heavy (non-hydrogen) atoms. The monoisotopic (exact) mass is 374 g/mol. The fourth-order valence-corrected chi connectivity index (χ4v) is 4.17. The molecule has 0 amide bonds. The Kier molecular flexibility index (Phi) is 4.76. The van der Waals surface area contributed by atoms with Gasteiger partial charge in [0, 0.05) is 22.4 Å². The highest BCUT2D eigenvalue weighted by Gasteiger charge is 2.41. The minimum atomic E-state index is -0.281. The first-order chi connectivity index (χ1) is 12.6. The third-order valence-corrected chi connectivity index (χ3v) is 5.51. The van der Waals surface area contributed by atoms with Crippen LogP contribution >= 0.6 is 11.6 Å². The van der Waals surface area contributed by atoms with Gasteiger partial charge in [-0.3, -0.25) is 9.59 Å². The quantitative estimate of drug-likeness (QED) is 0.756. The van der Waals surface area contributed by atoms with Crippen molar-refractivity contribution in [3.8, 4) is 11.4 Å². The molecule has 2 fully saturated rings. The molecule has 7 heteroatoms. The lowest BCUT2D eigenvalue weighted by atomic mass is 9.67. The maximum atomic E-state index is 12.4. The molecule has 3 atom stereocenters. The maximum Gasteiger partial charge on any atom is 0.309 e. The first-order valence-electron chi connectivity index (χ1n) is 8.89. The molecule has 1 unspecified atom stereocenters. The summed E-state index contributed by atoms with van der Waals surface area (Å²) in [5.41, 5.74) is 0.734. The molecule has 2 aliphatic rings. The standard InChI is InChI=1S/C19H19ClN2O4/c20-15-6-2-5-13(9-15)18-21-16(26-22-18)10-25-19(24)14-7-11-3-1-4-12(8-14)17(11)23/h2,5-6,9,11-12,14H,1,3-4,7-8,10H2/t11-,12+,14?. The van der Waals surface area contributed by atoms with Crippen LogP contribution in [0.25, 0.3) is 11.4 Å². The summed E-state index contributed by atoms with van der Waals surface area (Å²) >= 11 is 5.96. The summed E-state index contributed by atoms with van der Waals surface area (Å²) in [5.74, 6) is 0.533. The summed E-state index contributed by atoms with van der Waals surface area (Å²) in [4.78, 5) is 28.8. The minimum absolute atomic E-state index is 0.0258. The van der Waals surface area contributed by atoms with Crippen molar-refractivity contribution in [1.82, 2.24) is 10.1 Å². The summed E-state index contributed by atoms with van der Waals surface area (Å²) in [7, 11) is 0. The van der Waals surface area contributed by atoms with Crippen molar-refractivity contribution in [2.75, 3.05) is 0 Å². The zero-order chi connectivity index (χ0) is 18.1. The summed E-state index contributed by atoms with van der Waals surface area (Å²) in [6.07, 6.45) is 4.08. The number of benzene rings is 1. The largest absolute Gasteiger partial charge is 0.455 e. The average Bonchev–Trinajstić information content (AvgIpc) is 3.08. The van der Waals surface area contributed by atoms with Crippen molar-refractivity contribution in [3.63, 3.8) is 0 Å². The van der Waals surface area contributed by atoms with E-state index >= 15 is 0 Å². The number of ether oxygens (including phenoxy) is 1. The summed E-state index contributed by atoms with van der Waals surface area (Å²) in [6, 6.07) is 7.12. The van der Waals surface area contributed by atoms with Crippen LogP contribution < -0.4 is 0 Å². The molecule has 0 saturated heterocycles. The molecule has 2 aromatic rings. The van der Waals surface area contributed by atoms with Gasteiger partial charge < -0.3 is 9.26 Å². The molecule has 2 aliphatic carbocycles. The number of ketones is 1. The van der Waals surface area contributed by atoms with Gasteiger partial charge in [-0.15, -0.1) is 0 Å². The molecule has 1 aromatic carbocycles. The van der Waals surface area contributed by atoms with Gasteiger partial charge in [-0.25, -0.2) is 0 Å².